The lowest BCUT2D eigenvalue weighted by molar-refractivity contribution is 0.551. The molecule has 0 radical (unpaired) electrons. The topological polar surface area (TPSA) is 34.1 Å². The molecule has 78 valence electrons. The summed E-state index contributed by atoms with van der Waals surface area (Å²) >= 11 is 16.9. The predicted molar refractivity (Wildman–Crippen MR) is 55.2 cm³/mol. The predicted octanol–water partition coefficient (Wildman–Crippen LogP) is 3.45. The minimum absolute atomic E-state index is 0.0247. The first-order valence-electron chi connectivity index (χ1n) is 3.36. The van der Waals surface area contributed by atoms with Crippen molar-refractivity contribution in [3.8, 4) is 0 Å². The molecule has 1 aromatic rings. The molecule has 0 bridgehead atoms. The van der Waals surface area contributed by atoms with Gasteiger partial charge >= 0.3 is 10.2 Å². The van der Waals surface area contributed by atoms with Crippen LogP contribution < -0.4 is 0 Å². The monoisotopic (exact) mass is 276 g/mol. The Bertz CT molecular complexity index is 458. The van der Waals surface area contributed by atoms with Crippen LogP contribution in [0.1, 0.15) is 5.56 Å². The molecule has 0 aliphatic heterocycles. The number of halogens is 4. The maximum absolute atomic E-state index is 12.4. The molecule has 1 aromatic carbocycles. The second-order valence-electron chi connectivity index (χ2n) is 2.50. The van der Waals surface area contributed by atoms with Gasteiger partial charge in [0.2, 0.25) is 0 Å². The van der Waals surface area contributed by atoms with Crippen LogP contribution in [0.3, 0.4) is 0 Å². The molecule has 0 heterocycles. The fourth-order valence-corrected chi connectivity index (χ4v) is 2.36. The van der Waals surface area contributed by atoms with Gasteiger partial charge in [-0.3, -0.25) is 0 Å². The third-order valence-corrected chi connectivity index (χ3v) is 3.29. The van der Waals surface area contributed by atoms with Gasteiger partial charge in [-0.05, 0) is 12.1 Å². The van der Waals surface area contributed by atoms with Gasteiger partial charge in [-0.1, -0.05) is 34.8 Å². The van der Waals surface area contributed by atoms with E-state index in [0.717, 1.165) is 0 Å². The van der Waals surface area contributed by atoms with Crippen molar-refractivity contribution in [2.75, 3.05) is 0 Å². The number of rotatable bonds is 2. The normalized spacial score (nSPS) is 11.7. The molecule has 0 amide bonds. The maximum Gasteiger partial charge on any atom is 0.306 e. The average Bonchev–Trinajstić information content (AvgIpc) is 2.04. The molecule has 0 fully saturated rings. The van der Waals surface area contributed by atoms with Crippen molar-refractivity contribution in [3.63, 3.8) is 0 Å². The molecule has 0 unspecified atom stereocenters. The van der Waals surface area contributed by atoms with Gasteiger partial charge in [0, 0.05) is 10.6 Å². The van der Waals surface area contributed by atoms with Crippen molar-refractivity contribution in [2.24, 2.45) is 0 Å². The molecule has 2 nitrogen and oxygen atoms in total. The molecule has 0 aromatic heterocycles. The number of benzene rings is 1. The fourth-order valence-electron chi connectivity index (χ4n) is 0.874. The summed E-state index contributed by atoms with van der Waals surface area (Å²) in [5.41, 5.74) is -0.0247. The molecule has 0 saturated heterocycles. The van der Waals surface area contributed by atoms with Gasteiger partial charge in [0.15, 0.2) is 0 Å². The fraction of sp³-hybridized carbons (Fsp3) is 0.143. The zero-order valence-electron chi connectivity index (χ0n) is 6.60. The summed E-state index contributed by atoms with van der Waals surface area (Å²) in [6, 6.07) is 2.76. The van der Waals surface area contributed by atoms with Gasteiger partial charge in [0.25, 0.3) is 0 Å². The third-order valence-electron chi connectivity index (χ3n) is 1.46. The smallest absolute Gasteiger partial charge is 0.194 e. The van der Waals surface area contributed by atoms with Gasteiger partial charge in [-0.15, -0.1) is 3.89 Å². The highest BCUT2D eigenvalue weighted by Gasteiger charge is 2.17. The van der Waals surface area contributed by atoms with Crippen LogP contribution >= 0.6 is 34.8 Å². The molecule has 0 spiro atoms. The highest BCUT2D eigenvalue weighted by atomic mass is 35.5. The van der Waals surface area contributed by atoms with Gasteiger partial charge in [-0.25, -0.2) is 0 Å². The third kappa shape index (κ3) is 2.98. The molecule has 0 aliphatic carbocycles. The second-order valence-corrected chi connectivity index (χ2v) is 5.06. The van der Waals surface area contributed by atoms with E-state index in [-0.39, 0.29) is 20.6 Å². The van der Waals surface area contributed by atoms with Crippen LogP contribution in [0, 0.1) is 0 Å². The quantitative estimate of drug-likeness (QED) is 0.613. The summed E-state index contributed by atoms with van der Waals surface area (Å²) in [6.07, 6.45) is 0. The van der Waals surface area contributed by atoms with Crippen LogP contribution in [0.25, 0.3) is 0 Å². The van der Waals surface area contributed by atoms with E-state index in [9.17, 15) is 12.3 Å². The molecule has 7 heteroatoms. The Morgan fingerprint density at radius 2 is 1.64 bits per heavy atom. The highest BCUT2D eigenvalue weighted by Crippen LogP contribution is 2.32. The Hall–Kier alpha value is -0.0300. The van der Waals surface area contributed by atoms with E-state index in [0.29, 0.717) is 0 Å². The van der Waals surface area contributed by atoms with Crippen LogP contribution in [-0.2, 0) is 16.0 Å². The largest absolute Gasteiger partial charge is 0.306 e. The van der Waals surface area contributed by atoms with Crippen molar-refractivity contribution in [2.45, 2.75) is 5.75 Å². The molecule has 0 saturated carbocycles. The molecule has 0 atom stereocenters. The molecule has 1 rings (SSSR count). The summed E-state index contributed by atoms with van der Waals surface area (Å²) < 4.78 is 33.2. The van der Waals surface area contributed by atoms with E-state index in [1.807, 2.05) is 0 Å². The summed E-state index contributed by atoms with van der Waals surface area (Å²) in [4.78, 5) is 0. The van der Waals surface area contributed by atoms with E-state index in [1.54, 1.807) is 0 Å². The van der Waals surface area contributed by atoms with Crippen molar-refractivity contribution in [1.82, 2.24) is 0 Å². The maximum atomic E-state index is 12.4. The van der Waals surface area contributed by atoms with Gasteiger partial charge in [0.05, 0.1) is 10.0 Å². The Labute approximate surface area is 95.8 Å². The Balaban J connectivity index is 3.27. The lowest BCUT2D eigenvalue weighted by Gasteiger charge is -2.05. The molecular weight excluding hydrogens is 273 g/mol. The molecule has 0 N–H and O–H groups in total. The second kappa shape index (κ2) is 4.23. The highest BCUT2D eigenvalue weighted by molar-refractivity contribution is 7.85. The van der Waals surface area contributed by atoms with Gasteiger partial charge in [0.1, 0.15) is 5.75 Å². The summed E-state index contributed by atoms with van der Waals surface area (Å²) in [5, 5.41) is 0.163. The minimum Gasteiger partial charge on any atom is -0.194 e. The van der Waals surface area contributed by atoms with E-state index < -0.39 is 16.0 Å². The van der Waals surface area contributed by atoms with E-state index in [4.69, 9.17) is 34.8 Å². The van der Waals surface area contributed by atoms with Crippen LogP contribution in [-0.4, -0.2) is 8.42 Å². The van der Waals surface area contributed by atoms with Crippen molar-refractivity contribution < 1.29 is 12.3 Å². The van der Waals surface area contributed by atoms with E-state index in [2.05, 4.69) is 0 Å². The SMILES string of the molecule is O=S(=O)(F)Cc1c(Cl)ccc(Cl)c1Cl. The standard InChI is InChI=1S/C7H4Cl3FO2S/c8-5-1-2-6(9)7(10)4(5)3-14(11,12)13/h1-2H,3H2. The van der Waals surface area contributed by atoms with E-state index >= 15 is 0 Å². The summed E-state index contributed by atoms with van der Waals surface area (Å²) in [6.45, 7) is 0. The Morgan fingerprint density at radius 3 is 2.14 bits per heavy atom. The van der Waals surface area contributed by atoms with Crippen molar-refractivity contribution in [1.29, 1.82) is 0 Å². The first kappa shape index (κ1) is 12.0. The van der Waals surface area contributed by atoms with Crippen molar-refractivity contribution in [3.05, 3.63) is 32.8 Å². The zero-order chi connectivity index (χ0) is 10.9. The first-order chi connectivity index (χ1) is 6.31. The summed E-state index contributed by atoms with van der Waals surface area (Å²) in [7, 11) is -4.67. The van der Waals surface area contributed by atoms with Gasteiger partial charge in [-0.2, -0.15) is 8.42 Å². The zero-order valence-corrected chi connectivity index (χ0v) is 9.68. The van der Waals surface area contributed by atoms with Crippen LogP contribution in [0.5, 0.6) is 0 Å². The van der Waals surface area contributed by atoms with Crippen molar-refractivity contribution >= 4 is 45.0 Å². The van der Waals surface area contributed by atoms with Gasteiger partial charge < -0.3 is 0 Å². The minimum atomic E-state index is -4.67. The lowest BCUT2D eigenvalue weighted by Crippen LogP contribution is -1.98. The lowest BCUT2D eigenvalue weighted by atomic mass is 10.2. The summed E-state index contributed by atoms with van der Waals surface area (Å²) in [5.74, 6) is -0.870. The van der Waals surface area contributed by atoms with Crippen LogP contribution in [0.15, 0.2) is 12.1 Å². The number of hydrogen-bond donors (Lipinski definition) is 0. The van der Waals surface area contributed by atoms with Crippen LogP contribution in [0.4, 0.5) is 3.89 Å². The Morgan fingerprint density at radius 1 is 1.14 bits per heavy atom. The first-order valence-corrected chi connectivity index (χ1v) is 6.04. The van der Waals surface area contributed by atoms with E-state index in [1.165, 1.54) is 12.1 Å². The Kier molecular flexibility index (Phi) is 3.63. The molecular formula is C7H4Cl3FO2S. The number of hydrogen-bond acceptors (Lipinski definition) is 2. The average molecular weight is 278 g/mol. The molecule has 14 heavy (non-hydrogen) atoms. The van der Waals surface area contributed by atoms with Crippen LogP contribution in [0.2, 0.25) is 15.1 Å². The molecule has 0 aliphatic rings.